The lowest BCUT2D eigenvalue weighted by atomic mass is 10.1. The minimum absolute atomic E-state index is 0.0676. The van der Waals surface area contributed by atoms with E-state index in [1.165, 1.54) is 0 Å². The molecular formula is C20H17N3O3. The third-order valence-corrected chi connectivity index (χ3v) is 4.36. The Kier molecular flexibility index (Phi) is 4.01. The van der Waals surface area contributed by atoms with Gasteiger partial charge >= 0.3 is 5.97 Å². The molecule has 0 aliphatic rings. The summed E-state index contributed by atoms with van der Waals surface area (Å²) in [6.45, 7) is 3.96. The Balaban J connectivity index is 1.47. The van der Waals surface area contributed by atoms with E-state index < -0.39 is 5.97 Å². The summed E-state index contributed by atoms with van der Waals surface area (Å²) in [4.78, 5) is 15.6. The second-order valence-electron chi connectivity index (χ2n) is 6.08. The summed E-state index contributed by atoms with van der Waals surface area (Å²) < 4.78 is 10.9. The van der Waals surface area contributed by atoms with E-state index in [-0.39, 0.29) is 12.5 Å². The highest BCUT2D eigenvalue weighted by Gasteiger charge is 2.14. The van der Waals surface area contributed by atoms with E-state index in [4.69, 9.17) is 9.15 Å². The van der Waals surface area contributed by atoms with Crippen molar-refractivity contribution in [2.45, 2.75) is 20.5 Å². The minimum Gasteiger partial charge on any atom is -0.452 e. The standard InChI is InChI=1S/C20H17N3O3/c1-12-13(2)21-17-9-8-15(10-16(12)17)20(24)25-11-18-22-23-19(26-18)14-6-4-3-5-7-14/h3-10,21H,11H2,1-2H3. The summed E-state index contributed by atoms with van der Waals surface area (Å²) in [5, 5.41) is 8.92. The summed E-state index contributed by atoms with van der Waals surface area (Å²) in [7, 11) is 0. The van der Waals surface area contributed by atoms with Crippen molar-refractivity contribution in [3.63, 3.8) is 0 Å². The first-order valence-corrected chi connectivity index (χ1v) is 8.25. The van der Waals surface area contributed by atoms with Crippen LogP contribution in [0.3, 0.4) is 0 Å². The quantitative estimate of drug-likeness (QED) is 0.560. The number of aromatic nitrogens is 3. The zero-order valence-electron chi connectivity index (χ0n) is 14.4. The van der Waals surface area contributed by atoms with Crippen LogP contribution in [0.4, 0.5) is 0 Å². The molecule has 0 aliphatic carbocycles. The molecule has 0 aliphatic heterocycles. The third-order valence-electron chi connectivity index (χ3n) is 4.36. The molecule has 6 heteroatoms. The Morgan fingerprint density at radius 3 is 2.73 bits per heavy atom. The molecule has 26 heavy (non-hydrogen) atoms. The number of carbonyl (C=O) groups is 1. The van der Waals surface area contributed by atoms with Gasteiger partial charge in [-0.1, -0.05) is 18.2 Å². The number of benzene rings is 2. The molecule has 0 spiro atoms. The molecule has 0 fully saturated rings. The third kappa shape index (κ3) is 2.97. The van der Waals surface area contributed by atoms with Gasteiger partial charge in [0.25, 0.3) is 5.89 Å². The maximum Gasteiger partial charge on any atom is 0.338 e. The van der Waals surface area contributed by atoms with Gasteiger partial charge in [-0.15, -0.1) is 10.2 Å². The van der Waals surface area contributed by atoms with Gasteiger partial charge in [0.05, 0.1) is 5.56 Å². The van der Waals surface area contributed by atoms with E-state index in [0.29, 0.717) is 11.5 Å². The van der Waals surface area contributed by atoms with Gasteiger partial charge in [-0.05, 0) is 49.7 Å². The summed E-state index contributed by atoms with van der Waals surface area (Å²) in [6, 6.07) is 14.9. The van der Waals surface area contributed by atoms with Gasteiger partial charge in [-0.2, -0.15) is 0 Å². The monoisotopic (exact) mass is 347 g/mol. The van der Waals surface area contributed by atoms with Crippen LogP contribution in [0, 0.1) is 13.8 Å². The topological polar surface area (TPSA) is 81.0 Å². The maximum atomic E-state index is 12.3. The van der Waals surface area contributed by atoms with E-state index in [9.17, 15) is 4.79 Å². The highest BCUT2D eigenvalue weighted by Crippen LogP contribution is 2.23. The summed E-state index contributed by atoms with van der Waals surface area (Å²) >= 11 is 0. The number of ether oxygens (including phenoxy) is 1. The zero-order chi connectivity index (χ0) is 18.1. The number of aryl methyl sites for hydroxylation is 2. The molecule has 0 amide bonds. The molecule has 1 N–H and O–H groups in total. The lowest BCUT2D eigenvalue weighted by molar-refractivity contribution is 0.0439. The van der Waals surface area contributed by atoms with Crippen LogP contribution in [0.5, 0.6) is 0 Å². The molecule has 0 saturated heterocycles. The molecule has 0 saturated carbocycles. The minimum atomic E-state index is -0.426. The van der Waals surface area contributed by atoms with Gasteiger partial charge in [-0.25, -0.2) is 4.79 Å². The van der Waals surface area contributed by atoms with Gasteiger partial charge in [-0.3, -0.25) is 0 Å². The van der Waals surface area contributed by atoms with E-state index in [2.05, 4.69) is 15.2 Å². The van der Waals surface area contributed by atoms with Gasteiger partial charge in [0, 0.05) is 22.2 Å². The zero-order valence-corrected chi connectivity index (χ0v) is 14.4. The van der Waals surface area contributed by atoms with Crippen molar-refractivity contribution in [3.8, 4) is 11.5 Å². The Hall–Kier alpha value is -3.41. The first-order valence-electron chi connectivity index (χ1n) is 8.25. The van der Waals surface area contributed by atoms with Crippen LogP contribution in [0.1, 0.15) is 27.5 Å². The molecule has 0 bridgehead atoms. The van der Waals surface area contributed by atoms with Crippen molar-refractivity contribution in [3.05, 3.63) is 71.2 Å². The molecule has 130 valence electrons. The van der Waals surface area contributed by atoms with Crippen molar-refractivity contribution >= 4 is 16.9 Å². The van der Waals surface area contributed by atoms with Crippen molar-refractivity contribution in [1.82, 2.24) is 15.2 Å². The first kappa shape index (κ1) is 16.1. The predicted octanol–water partition coefficient (Wildman–Crippen LogP) is 4.19. The van der Waals surface area contributed by atoms with Crippen LogP contribution < -0.4 is 0 Å². The molecule has 4 rings (SSSR count). The Morgan fingerprint density at radius 2 is 1.92 bits per heavy atom. The van der Waals surface area contributed by atoms with Crippen LogP contribution in [-0.4, -0.2) is 21.2 Å². The fourth-order valence-corrected chi connectivity index (χ4v) is 2.81. The molecule has 2 heterocycles. The second-order valence-corrected chi connectivity index (χ2v) is 6.08. The summed E-state index contributed by atoms with van der Waals surface area (Å²) in [5.41, 5.74) is 4.52. The van der Waals surface area contributed by atoms with E-state index in [0.717, 1.165) is 27.7 Å². The smallest absolute Gasteiger partial charge is 0.338 e. The summed E-state index contributed by atoms with van der Waals surface area (Å²) in [5.74, 6) is 0.230. The van der Waals surface area contributed by atoms with Crippen LogP contribution in [-0.2, 0) is 11.3 Å². The van der Waals surface area contributed by atoms with Gasteiger partial charge < -0.3 is 14.1 Å². The van der Waals surface area contributed by atoms with Crippen molar-refractivity contribution < 1.29 is 13.9 Å². The molecule has 0 unspecified atom stereocenters. The van der Waals surface area contributed by atoms with Crippen LogP contribution in [0.15, 0.2) is 52.9 Å². The fourth-order valence-electron chi connectivity index (χ4n) is 2.81. The summed E-state index contributed by atoms with van der Waals surface area (Å²) in [6.07, 6.45) is 0. The van der Waals surface area contributed by atoms with Gasteiger partial charge in [0.2, 0.25) is 5.89 Å². The average Bonchev–Trinajstić information content (AvgIpc) is 3.25. The molecule has 2 aromatic carbocycles. The fraction of sp³-hybridized carbons (Fsp3) is 0.150. The molecular weight excluding hydrogens is 330 g/mol. The van der Waals surface area contributed by atoms with Crippen molar-refractivity contribution in [2.75, 3.05) is 0 Å². The Labute approximate surface area is 149 Å². The first-order chi connectivity index (χ1) is 12.6. The molecule has 4 aromatic rings. The van der Waals surface area contributed by atoms with Crippen molar-refractivity contribution in [2.24, 2.45) is 0 Å². The molecule has 0 atom stereocenters. The normalized spacial score (nSPS) is 11.0. The number of H-pyrrole nitrogens is 1. The van der Waals surface area contributed by atoms with Gasteiger partial charge in [0.15, 0.2) is 6.61 Å². The number of carbonyl (C=O) groups excluding carboxylic acids is 1. The van der Waals surface area contributed by atoms with Crippen molar-refractivity contribution in [1.29, 1.82) is 0 Å². The Morgan fingerprint density at radius 1 is 1.12 bits per heavy atom. The molecule has 2 aromatic heterocycles. The van der Waals surface area contributed by atoms with Crippen LogP contribution in [0.2, 0.25) is 0 Å². The number of hydrogen-bond donors (Lipinski definition) is 1. The lowest BCUT2D eigenvalue weighted by Crippen LogP contribution is -2.05. The van der Waals surface area contributed by atoms with E-state index in [1.54, 1.807) is 6.07 Å². The number of nitrogens with one attached hydrogen (secondary N) is 1. The number of fused-ring (bicyclic) bond motifs is 1. The highest BCUT2D eigenvalue weighted by molar-refractivity contribution is 5.96. The second kappa shape index (κ2) is 6.48. The molecule has 6 nitrogen and oxygen atoms in total. The number of esters is 1. The average molecular weight is 347 g/mol. The lowest BCUT2D eigenvalue weighted by Gasteiger charge is -2.03. The van der Waals surface area contributed by atoms with Gasteiger partial charge in [0.1, 0.15) is 0 Å². The maximum absolute atomic E-state index is 12.3. The Bertz CT molecular complexity index is 1080. The number of hydrogen-bond acceptors (Lipinski definition) is 5. The molecule has 0 radical (unpaired) electrons. The van der Waals surface area contributed by atoms with E-state index in [1.807, 2.05) is 56.3 Å². The number of nitrogens with zero attached hydrogens (tertiary/aromatic N) is 2. The number of aromatic amines is 1. The number of rotatable bonds is 4. The SMILES string of the molecule is Cc1[nH]c2ccc(C(=O)OCc3nnc(-c4ccccc4)o3)cc2c1C. The van der Waals surface area contributed by atoms with Crippen LogP contribution >= 0.6 is 0 Å². The van der Waals surface area contributed by atoms with E-state index >= 15 is 0 Å². The highest BCUT2D eigenvalue weighted by atomic mass is 16.5. The van der Waals surface area contributed by atoms with Crippen LogP contribution in [0.25, 0.3) is 22.4 Å². The largest absolute Gasteiger partial charge is 0.452 e. The predicted molar refractivity (Wildman–Crippen MR) is 96.6 cm³/mol.